The van der Waals surface area contributed by atoms with Crippen molar-refractivity contribution in [1.82, 2.24) is 9.80 Å². The molecule has 0 atom stereocenters. The predicted molar refractivity (Wildman–Crippen MR) is 94.3 cm³/mol. The fourth-order valence-corrected chi connectivity index (χ4v) is 3.02. The second-order valence-corrected chi connectivity index (χ2v) is 6.31. The van der Waals surface area contributed by atoms with Crippen LogP contribution in [0, 0.1) is 12.7 Å². The molecule has 4 nitrogen and oxygen atoms in total. The maximum atomic E-state index is 12.9. The molecule has 3 rings (SSSR count). The van der Waals surface area contributed by atoms with Crippen LogP contribution in [0.15, 0.2) is 48.5 Å². The highest BCUT2D eigenvalue weighted by molar-refractivity contribution is 5.97. The molecule has 130 valence electrons. The van der Waals surface area contributed by atoms with Crippen LogP contribution in [0.25, 0.3) is 0 Å². The quantitative estimate of drug-likeness (QED) is 0.804. The van der Waals surface area contributed by atoms with Crippen molar-refractivity contribution in [3.05, 3.63) is 71.0 Å². The molecule has 1 saturated heterocycles. The Balaban J connectivity index is 1.55. The van der Waals surface area contributed by atoms with E-state index >= 15 is 0 Å². The SMILES string of the molecule is Cc1ccccc1C(=O)N1CCN(CC(=O)c2ccc(F)cc2)CC1. The van der Waals surface area contributed by atoms with Gasteiger partial charge in [0.25, 0.3) is 5.91 Å². The van der Waals surface area contributed by atoms with E-state index in [9.17, 15) is 14.0 Å². The van der Waals surface area contributed by atoms with E-state index in [2.05, 4.69) is 0 Å². The van der Waals surface area contributed by atoms with E-state index < -0.39 is 0 Å². The Bertz CT molecular complexity index is 766. The summed E-state index contributed by atoms with van der Waals surface area (Å²) in [5.41, 5.74) is 2.22. The monoisotopic (exact) mass is 340 g/mol. The number of halogens is 1. The minimum absolute atomic E-state index is 0.0290. The number of Topliss-reactive ketones (excluding diaryl/α,β-unsaturated/α-hetero) is 1. The van der Waals surface area contributed by atoms with Gasteiger partial charge in [0.05, 0.1) is 6.54 Å². The zero-order valence-corrected chi connectivity index (χ0v) is 14.2. The number of piperazine rings is 1. The molecule has 5 heteroatoms. The molecule has 0 N–H and O–H groups in total. The third-order valence-corrected chi connectivity index (χ3v) is 4.57. The lowest BCUT2D eigenvalue weighted by molar-refractivity contribution is 0.0624. The van der Waals surface area contributed by atoms with E-state index in [4.69, 9.17) is 0 Å². The Labute approximate surface area is 146 Å². The van der Waals surface area contributed by atoms with Crippen LogP contribution >= 0.6 is 0 Å². The summed E-state index contributed by atoms with van der Waals surface area (Å²) in [5, 5.41) is 0. The van der Waals surface area contributed by atoms with Gasteiger partial charge in [-0.05, 0) is 42.8 Å². The normalized spacial score (nSPS) is 15.2. The first-order valence-corrected chi connectivity index (χ1v) is 8.40. The molecule has 0 radical (unpaired) electrons. The first-order chi connectivity index (χ1) is 12.0. The van der Waals surface area contributed by atoms with Gasteiger partial charge in [-0.25, -0.2) is 4.39 Å². The topological polar surface area (TPSA) is 40.6 Å². The molecule has 1 fully saturated rings. The highest BCUT2D eigenvalue weighted by Crippen LogP contribution is 2.13. The number of amides is 1. The highest BCUT2D eigenvalue weighted by atomic mass is 19.1. The van der Waals surface area contributed by atoms with Crippen molar-refractivity contribution in [2.75, 3.05) is 32.7 Å². The average Bonchev–Trinajstić information content (AvgIpc) is 2.63. The molecule has 0 saturated carbocycles. The maximum absolute atomic E-state index is 12.9. The summed E-state index contributed by atoms with van der Waals surface area (Å²) in [5.74, 6) is -0.332. The molecule has 1 aliphatic heterocycles. The molecule has 0 spiro atoms. The second-order valence-electron chi connectivity index (χ2n) is 6.31. The van der Waals surface area contributed by atoms with E-state index in [-0.39, 0.29) is 24.1 Å². The van der Waals surface area contributed by atoms with E-state index in [0.29, 0.717) is 31.7 Å². The number of rotatable bonds is 4. The van der Waals surface area contributed by atoms with Crippen LogP contribution in [0.5, 0.6) is 0 Å². The third-order valence-electron chi connectivity index (χ3n) is 4.57. The summed E-state index contributed by atoms with van der Waals surface area (Å²) in [7, 11) is 0. The molecule has 1 amide bonds. The molecule has 0 aliphatic carbocycles. The number of ketones is 1. The Morgan fingerprint density at radius 1 is 0.960 bits per heavy atom. The molecular formula is C20H21FN2O2. The molecule has 1 aliphatic rings. The van der Waals surface area contributed by atoms with E-state index in [0.717, 1.165) is 11.1 Å². The van der Waals surface area contributed by atoms with Crippen molar-refractivity contribution in [3.8, 4) is 0 Å². The fourth-order valence-electron chi connectivity index (χ4n) is 3.02. The summed E-state index contributed by atoms with van der Waals surface area (Å²) in [6.45, 7) is 4.74. The standard InChI is InChI=1S/C20H21FN2O2/c1-15-4-2-3-5-18(15)20(25)23-12-10-22(11-13-23)14-19(24)16-6-8-17(21)9-7-16/h2-9H,10-14H2,1H3. The number of nitrogens with zero attached hydrogens (tertiary/aromatic N) is 2. The van der Waals surface area contributed by atoms with Crippen LogP contribution in [0.1, 0.15) is 26.3 Å². The molecular weight excluding hydrogens is 319 g/mol. The Kier molecular flexibility index (Phi) is 5.24. The first kappa shape index (κ1) is 17.3. The summed E-state index contributed by atoms with van der Waals surface area (Å²) in [4.78, 5) is 28.7. The van der Waals surface area contributed by atoms with Crippen LogP contribution in [0.4, 0.5) is 4.39 Å². The molecule has 0 aromatic heterocycles. The van der Waals surface area contributed by atoms with Crippen LogP contribution in [-0.4, -0.2) is 54.2 Å². The van der Waals surface area contributed by atoms with Crippen molar-refractivity contribution in [2.45, 2.75) is 6.92 Å². The first-order valence-electron chi connectivity index (χ1n) is 8.40. The predicted octanol–water partition coefficient (Wildman–Crippen LogP) is 2.77. The number of benzene rings is 2. The van der Waals surface area contributed by atoms with Gasteiger partial charge in [0.15, 0.2) is 5.78 Å². The molecule has 1 heterocycles. The van der Waals surface area contributed by atoms with E-state index in [1.165, 1.54) is 24.3 Å². The van der Waals surface area contributed by atoms with Crippen LogP contribution in [-0.2, 0) is 0 Å². The summed E-state index contributed by atoms with van der Waals surface area (Å²) >= 11 is 0. The average molecular weight is 340 g/mol. The second kappa shape index (κ2) is 7.57. The van der Waals surface area contributed by atoms with Gasteiger partial charge in [-0.1, -0.05) is 18.2 Å². The number of hydrogen-bond acceptors (Lipinski definition) is 3. The van der Waals surface area contributed by atoms with Gasteiger partial charge < -0.3 is 4.90 Å². The lowest BCUT2D eigenvalue weighted by atomic mass is 10.1. The van der Waals surface area contributed by atoms with Gasteiger partial charge in [0.2, 0.25) is 0 Å². The summed E-state index contributed by atoms with van der Waals surface area (Å²) in [6, 6.07) is 13.2. The van der Waals surface area contributed by atoms with Gasteiger partial charge in [-0.3, -0.25) is 14.5 Å². The van der Waals surface area contributed by atoms with Crippen molar-refractivity contribution in [2.24, 2.45) is 0 Å². The minimum atomic E-state index is -0.347. The Hall–Kier alpha value is -2.53. The lowest BCUT2D eigenvalue weighted by Crippen LogP contribution is -2.50. The number of hydrogen-bond donors (Lipinski definition) is 0. The van der Waals surface area contributed by atoms with Crippen molar-refractivity contribution < 1.29 is 14.0 Å². The number of carbonyl (C=O) groups excluding carboxylic acids is 2. The molecule has 25 heavy (non-hydrogen) atoms. The number of carbonyl (C=O) groups is 2. The molecule has 2 aromatic carbocycles. The Morgan fingerprint density at radius 3 is 2.24 bits per heavy atom. The molecule has 2 aromatic rings. The maximum Gasteiger partial charge on any atom is 0.254 e. The zero-order chi connectivity index (χ0) is 17.8. The van der Waals surface area contributed by atoms with E-state index in [1.54, 1.807) is 0 Å². The number of aryl methyl sites for hydroxylation is 1. The molecule has 0 bridgehead atoms. The van der Waals surface area contributed by atoms with Crippen molar-refractivity contribution >= 4 is 11.7 Å². The van der Waals surface area contributed by atoms with Crippen LogP contribution in [0.2, 0.25) is 0 Å². The van der Waals surface area contributed by atoms with Crippen molar-refractivity contribution in [1.29, 1.82) is 0 Å². The van der Waals surface area contributed by atoms with Gasteiger partial charge >= 0.3 is 0 Å². The van der Waals surface area contributed by atoms with Gasteiger partial charge in [-0.15, -0.1) is 0 Å². The largest absolute Gasteiger partial charge is 0.336 e. The van der Waals surface area contributed by atoms with E-state index in [1.807, 2.05) is 41.0 Å². The Morgan fingerprint density at radius 2 is 1.60 bits per heavy atom. The van der Waals surface area contributed by atoms with Crippen molar-refractivity contribution in [3.63, 3.8) is 0 Å². The highest BCUT2D eigenvalue weighted by Gasteiger charge is 2.24. The third kappa shape index (κ3) is 4.12. The van der Waals surface area contributed by atoms with Gasteiger partial charge in [-0.2, -0.15) is 0 Å². The fraction of sp³-hybridized carbons (Fsp3) is 0.300. The van der Waals surface area contributed by atoms with Crippen LogP contribution < -0.4 is 0 Å². The van der Waals surface area contributed by atoms with Gasteiger partial charge in [0, 0.05) is 37.3 Å². The smallest absolute Gasteiger partial charge is 0.254 e. The van der Waals surface area contributed by atoms with Crippen LogP contribution in [0.3, 0.4) is 0 Å². The minimum Gasteiger partial charge on any atom is -0.336 e. The molecule has 0 unspecified atom stereocenters. The zero-order valence-electron chi connectivity index (χ0n) is 14.2. The summed E-state index contributed by atoms with van der Waals surface area (Å²) in [6.07, 6.45) is 0. The lowest BCUT2D eigenvalue weighted by Gasteiger charge is -2.34. The van der Waals surface area contributed by atoms with Gasteiger partial charge in [0.1, 0.15) is 5.82 Å². The summed E-state index contributed by atoms with van der Waals surface area (Å²) < 4.78 is 12.9.